The van der Waals surface area contributed by atoms with Crippen molar-refractivity contribution in [1.29, 1.82) is 0 Å². The van der Waals surface area contributed by atoms with Crippen molar-refractivity contribution < 1.29 is 9.53 Å². The van der Waals surface area contributed by atoms with Crippen LogP contribution in [0.1, 0.15) is 27.2 Å². The molecule has 122 valence electrons. The van der Waals surface area contributed by atoms with Crippen LogP contribution in [0.25, 0.3) is 0 Å². The molecule has 0 saturated carbocycles. The topological polar surface area (TPSA) is 67.3 Å². The molecule has 1 amide bonds. The van der Waals surface area contributed by atoms with Gasteiger partial charge in [-0.2, -0.15) is 4.98 Å². The van der Waals surface area contributed by atoms with Gasteiger partial charge in [0.1, 0.15) is 11.4 Å². The third kappa shape index (κ3) is 4.98. The highest BCUT2D eigenvalue weighted by Crippen LogP contribution is 2.23. The molecule has 1 aromatic heterocycles. The Kier molecular flexibility index (Phi) is 5.50. The number of rotatable bonds is 3. The number of nitrogens with zero attached hydrogens (tertiary/aromatic N) is 3. The third-order valence-corrected chi connectivity index (χ3v) is 3.97. The summed E-state index contributed by atoms with van der Waals surface area (Å²) in [4.78, 5) is 21.8. The molecule has 1 N–H and O–H groups in total. The fourth-order valence-corrected chi connectivity index (χ4v) is 2.67. The van der Waals surface area contributed by atoms with Crippen LogP contribution in [-0.4, -0.2) is 46.2 Å². The molecular weight excluding hydrogens is 372 g/mol. The van der Waals surface area contributed by atoms with Gasteiger partial charge in [0.05, 0.1) is 4.47 Å². The number of carbonyl (C=O) groups excluding carboxylic acids is 1. The van der Waals surface area contributed by atoms with Gasteiger partial charge < -0.3 is 15.0 Å². The van der Waals surface area contributed by atoms with Gasteiger partial charge in [0.15, 0.2) is 0 Å². The van der Waals surface area contributed by atoms with Crippen LogP contribution in [0.5, 0.6) is 0 Å². The first-order valence-electron chi connectivity index (χ1n) is 7.14. The minimum Gasteiger partial charge on any atom is -0.444 e. The quantitative estimate of drug-likeness (QED) is 0.798. The number of nitrogens with one attached hydrogen (secondary N) is 1. The largest absolute Gasteiger partial charge is 0.444 e. The number of likely N-dealkylation sites (tertiary alicyclic amines) is 1. The monoisotopic (exact) mass is 390 g/mol. The maximum atomic E-state index is 12.0. The van der Waals surface area contributed by atoms with E-state index >= 15 is 0 Å². The second kappa shape index (κ2) is 7.00. The number of hydrogen-bond acceptors (Lipinski definition) is 5. The van der Waals surface area contributed by atoms with Gasteiger partial charge in [0, 0.05) is 25.8 Å². The summed E-state index contributed by atoms with van der Waals surface area (Å²) in [5.74, 6) is 1.02. The maximum absolute atomic E-state index is 12.0. The standard InChI is InChI=1S/C14H20BrClN4O2/c1-14(2,3)22-13(21)20-5-4-9(8-20)6-17-11-10(15)7-18-12(16)19-11/h7,9H,4-6,8H2,1-3H3,(H,17,18,19)/t9-/m0/s1. The Hall–Kier alpha value is -1.08. The molecule has 0 spiro atoms. The molecule has 0 aromatic carbocycles. The Balaban J connectivity index is 1.84. The van der Waals surface area contributed by atoms with Crippen molar-refractivity contribution >= 4 is 39.4 Å². The minimum atomic E-state index is -0.462. The highest BCUT2D eigenvalue weighted by molar-refractivity contribution is 9.10. The molecule has 2 heterocycles. The van der Waals surface area contributed by atoms with E-state index in [0.717, 1.165) is 10.9 Å². The summed E-state index contributed by atoms with van der Waals surface area (Å²) in [6.07, 6.45) is 2.29. The summed E-state index contributed by atoms with van der Waals surface area (Å²) in [5, 5.41) is 3.44. The van der Waals surface area contributed by atoms with Crippen molar-refractivity contribution in [3.05, 3.63) is 16.0 Å². The van der Waals surface area contributed by atoms with Crippen molar-refractivity contribution in [3.63, 3.8) is 0 Å². The molecule has 1 fully saturated rings. The van der Waals surface area contributed by atoms with Gasteiger partial charge >= 0.3 is 6.09 Å². The molecule has 0 aliphatic carbocycles. The van der Waals surface area contributed by atoms with Crippen molar-refractivity contribution in [3.8, 4) is 0 Å². The number of carbonyl (C=O) groups is 1. The SMILES string of the molecule is CC(C)(C)OC(=O)N1CC[C@@H](CNc2nc(Cl)ncc2Br)C1. The van der Waals surface area contributed by atoms with Gasteiger partial charge in [-0.25, -0.2) is 9.78 Å². The van der Waals surface area contributed by atoms with E-state index < -0.39 is 5.60 Å². The van der Waals surface area contributed by atoms with Gasteiger partial charge in [-0.15, -0.1) is 0 Å². The van der Waals surface area contributed by atoms with E-state index in [1.165, 1.54) is 0 Å². The Labute approximate surface area is 143 Å². The first kappa shape index (κ1) is 17.3. The number of anilines is 1. The van der Waals surface area contributed by atoms with Crippen molar-refractivity contribution in [2.24, 2.45) is 5.92 Å². The zero-order valence-corrected chi connectivity index (χ0v) is 15.2. The van der Waals surface area contributed by atoms with Crippen LogP contribution in [0.15, 0.2) is 10.7 Å². The predicted molar refractivity (Wildman–Crippen MR) is 89.1 cm³/mol. The lowest BCUT2D eigenvalue weighted by Crippen LogP contribution is -2.35. The van der Waals surface area contributed by atoms with Crippen molar-refractivity contribution in [2.45, 2.75) is 32.8 Å². The van der Waals surface area contributed by atoms with Gasteiger partial charge in [-0.3, -0.25) is 0 Å². The predicted octanol–water partition coefficient (Wildman–Crippen LogP) is 3.56. The Bertz CT molecular complexity index is 550. The molecule has 0 unspecified atom stereocenters. The summed E-state index contributed by atoms with van der Waals surface area (Å²) in [5.41, 5.74) is -0.462. The molecule has 1 aliphatic heterocycles. The molecule has 1 aliphatic rings. The van der Waals surface area contributed by atoms with Crippen LogP contribution in [0, 0.1) is 5.92 Å². The molecule has 6 nitrogen and oxygen atoms in total. The lowest BCUT2D eigenvalue weighted by Gasteiger charge is -2.24. The molecule has 22 heavy (non-hydrogen) atoms. The molecule has 1 saturated heterocycles. The molecular formula is C14H20BrClN4O2. The maximum Gasteiger partial charge on any atom is 0.410 e. The first-order chi connectivity index (χ1) is 10.2. The van der Waals surface area contributed by atoms with Crippen LogP contribution < -0.4 is 5.32 Å². The summed E-state index contributed by atoms with van der Waals surface area (Å²) >= 11 is 9.16. The van der Waals surface area contributed by atoms with E-state index in [2.05, 4.69) is 31.2 Å². The molecule has 1 aromatic rings. The summed E-state index contributed by atoms with van der Waals surface area (Å²) in [7, 11) is 0. The van der Waals surface area contributed by atoms with E-state index in [1.54, 1.807) is 11.1 Å². The minimum absolute atomic E-state index is 0.201. The van der Waals surface area contributed by atoms with E-state index in [-0.39, 0.29) is 11.4 Å². The number of halogens is 2. The number of amides is 1. The number of aromatic nitrogens is 2. The van der Waals surface area contributed by atoms with Crippen LogP contribution in [-0.2, 0) is 4.74 Å². The van der Waals surface area contributed by atoms with Crippen LogP contribution in [0.3, 0.4) is 0 Å². The van der Waals surface area contributed by atoms with E-state index in [0.29, 0.717) is 31.4 Å². The van der Waals surface area contributed by atoms with Gasteiger partial charge in [-0.05, 0) is 60.6 Å². The second-order valence-corrected chi connectivity index (χ2v) is 7.49. The van der Waals surface area contributed by atoms with Crippen LogP contribution in [0.4, 0.5) is 10.6 Å². The van der Waals surface area contributed by atoms with Crippen LogP contribution in [0.2, 0.25) is 5.28 Å². The van der Waals surface area contributed by atoms with Gasteiger partial charge in [0.2, 0.25) is 5.28 Å². The zero-order chi connectivity index (χ0) is 16.3. The highest BCUT2D eigenvalue weighted by atomic mass is 79.9. The number of hydrogen-bond donors (Lipinski definition) is 1. The second-order valence-electron chi connectivity index (χ2n) is 6.30. The first-order valence-corrected chi connectivity index (χ1v) is 8.31. The Morgan fingerprint density at radius 3 is 3.00 bits per heavy atom. The summed E-state index contributed by atoms with van der Waals surface area (Å²) in [6, 6.07) is 0. The van der Waals surface area contributed by atoms with Gasteiger partial charge in [0.25, 0.3) is 0 Å². The molecule has 0 radical (unpaired) electrons. The van der Waals surface area contributed by atoms with Crippen molar-refractivity contribution in [2.75, 3.05) is 25.0 Å². The fraction of sp³-hybridized carbons (Fsp3) is 0.643. The smallest absolute Gasteiger partial charge is 0.410 e. The lowest BCUT2D eigenvalue weighted by atomic mass is 10.1. The average Bonchev–Trinajstić information content (AvgIpc) is 2.87. The van der Waals surface area contributed by atoms with Crippen LogP contribution >= 0.6 is 27.5 Å². The molecule has 1 atom stereocenters. The Morgan fingerprint density at radius 2 is 2.32 bits per heavy atom. The fourth-order valence-electron chi connectivity index (χ4n) is 2.20. The average molecular weight is 392 g/mol. The highest BCUT2D eigenvalue weighted by Gasteiger charge is 2.29. The van der Waals surface area contributed by atoms with Gasteiger partial charge in [-0.1, -0.05) is 0 Å². The van der Waals surface area contributed by atoms with E-state index in [1.807, 2.05) is 20.8 Å². The molecule has 0 bridgehead atoms. The van der Waals surface area contributed by atoms with E-state index in [4.69, 9.17) is 16.3 Å². The normalized spacial score (nSPS) is 18.4. The summed E-state index contributed by atoms with van der Waals surface area (Å²) < 4.78 is 6.15. The number of ether oxygens (including phenoxy) is 1. The third-order valence-electron chi connectivity index (χ3n) is 3.21. The van der Waals surface area contributed by atoms with E-state index in [9.17, 15) is 4.79 Å². The molecule has 2 rings (SSSR count). The lowest BCUT2D eigenvalue weighted by molar-refractivity contribution is 0.0289. The Morgan fingerprint density at radius 1 is 1.59 bits per heavy atom. The van der Waals surface area contributed by atoms with Crippen molar-refractivity contribution in [1.82, 2.24) is 14.9 Å². The molecule has 8 heteroatoms. The zero-order valence-electron chi connectivity index (χ0n) is 12.9. The summed E-state index contributed by atoms with van der Waals surface area (Å²) in [6.45, 7) is 7.72.